The minimum absolute atomic E-state index is 0.566. The van der Waals surface area contributed by atoms with Gasteiger partial charge in [0.15, 0.2) is 11.3 Å². The normalized spacial score (nSPS) is 11.1. The second kappa shape index (κ2) is 3.53. The van der Waals surface area contributed by atoms with Gasteiger partial charge in [0.25, 0.3) is 0 Å². The van der Waals surface area contributed by atoms with Gasteiger partial charge in [0.1, 0.15) is 11.6 Å². The summed E-state index contributed by atoms with van der Waals surface area (Å²) < 4.78 is 1.95. The van der Waals surface area contributed by atoms with Crippen LogP contribution in [-0.4, -0.2) is 14.4 Å². The van der Waals surface area contributed by atoms with Gasteiger partial charge in [0.05, 0.1) is 11.1 Å². The highest BCUT2D eigenvalue weighted by Gasteiger charge is 2.12. The minimum atomic E-state index is 0.566. The number of imidazole rings is 1. The van der Waals surface area contributed by atoms with Crippen molar-refractivity contribution in [1.82, 2.24) is 14.4 Å². The lowest BCUT2D eigenvalue weighted by atomic mass is 10.1. The Labute approximate surface area is 108 Å². The molecule has 1 aromatic carbocycles. The molecule has 0 N–H and O–H groups in total. The molecule has 3 aromatic heterocycles. The van der Waals surface area contributed by atoms with Crippen molar-refractivity contribution in [3.05, 3.63) is 54.2 Å². The summed E-state index contributed by atoms with van der Waals surface area (Å²) in [5, 5.41) is 10.3. The topological polar surface area (TPSA) is 54.0 Å². The van der Waals surface area contributed by atoms with E-state index in [1.54, 1.807) is 6.20 Å². The molecule has 0 aliphatic rings. The third-order valence-corrected chi connectivity index (χ3v) is 3.25. The zero-order valence-corrected chi connectivity index (χ0v) is 9.91. The van der Waals surface area contributed by atoms with E-state index in [1.807, 2.05) is 46.9 Å². The maximum absolute atomic E-state index is 9.30. The molecular formula is C15H8N4. The molecule has 4 heteroatoms. The smallest absolute Gasteiger partial charge is 0.164 e. The standard InChI is InChI=1S/C15H8N4/c16-9-11-8-10-4-1-2-6-13(10)19-14(11)18-12-5-3-7-17-15(12)19/h1-8H. The van der Waals surface area contributed by atoms with Gasteiger partial charge < -0.3 is 0 Å². The molecule has 0 fully saturated rings. The van der Waals surface area contributed by atoms with Crippen molar-refractivity contribution >= 4 is 27.7 Å². The molecule has 0 amide bonds. The molecule has 19 heavy (non-hydrogen) atoms. The number of benzene rings is 1. The average molecular weight is 244 g/mol. The Balaban J connectivity index is 2.41. The van der Waals surface area contributed by atoms with Crippen LogP contribution in [0.5, 0.6) is 0 Å². The second-order valence-corrected chi connectivity index (χ2v) is 4.35. The van der Waals surface area contributed by atoms with Gasteiger partial charge in [-0.1, -0.05) is 18.2 Å². The van der Waals surface area contributed by atoms with Crippen LogP contribution in [0, 0.1) is 11.3 Å². The van der Waals surface area contributed by atoms with E-state index in [-0.39, 0.29) is 0 Å². The van der Waals surface area contributed by atoms with Crippen LogP contribution >= 0.6 is 0 Å². The van der Waals surface area contributed by atoms with Crippen molar-refractivity contribution in [3.63, 3.8) is 0 Å². The van der Waals surface area contributed by atoms with Crippen LogP contribution in [0.2, 0.25) is 0 Å². The van der Waals surface area contributed by atoms with Crippen molar-refractivity contribution < 1.29 is 0 Å². The van der Waals surface area contributed by atoms with Crippen LogP contribution in [0.4, 0.5) is 0 Å². The van der Waals surface area contributed by atoms with Crippen molar-refractivity contribution in [2.45, 2.75) is 0 Å². The number of rotatable bonds is 0. The first-order valence-corrected chi connectivity index (χ1v) is 5.93. The molecule has 4 nitrogen and oxygen atoms in total. The van der Waals surface area contributed by atoms with E-state index in [0.29, 0.717) is 11.2 Å². The lowest BCUT2D eigenvalue weighted by molar-refractivity contribution is 1.23. The van der Waals surface area contributed by atoms with Crippen molar-refractivity contribution in [1.29, 1.82) is 5.26 Å². The minimum Gasteiger partial charge on any atom is -0.275 e. The number of hydrogen-bond acceptors (Lipinski definition) is 3. The number of nitriles is 1. The van der Waals surface area contributed by atoms with Crippen LogP contribution in [0.25, 0.3) is 27.7 Å². The first-order valence-electron chi connectivity index (χ1n) is 5.93. The van der Waals surface area contributed by atoms with Crippen molar-refractivity contribution in [3.8, 4) is 6.07 Å². The van der Waals surface area contributed by atoms with Gasteiger partial charge in [0, 0.05) is 11.6 Å². The number of nitrogens with zero attached hydrogens (tertiary/aromatic N) is 4. The molecule has 0 aliphatic carbocycles. The van der Waals surface area contributed by atoms with E-state index in [1.165, 1.54) is 0 Å². The van der Waals surface area contributed by atoms with E-state index >= 15 is 0 Å². The Bertz CT molecular complexity index is 976. The molecule has 4 aromatic rings. The highest BCUT2D eigenvalue weighted by molar-refractivity contribution is 5.91. The first kappa shape index (κ1) is 10.0. The molecule has 0 aliphatic heterocycles. The Morgan fingerprint density at radius 2 is 1.95 bits per heavy atom. The predicted octanol–water partition coefficient (Wildman–Crippen LogP) is 2.91. The Kier molecular flexibility index (Phi) is 1.86. The molecule has 0 atom stereocenters. The zero-order chi connectivity index (χ0) is 12.8. The van der Waals surface area contributed by atoms with Gasteiger partial charge in [-0.05, 0) is 24.3 Å². The number of pyridine rings is 2. The molecule has 88 valence electrons. The number of fused-ring (bicyclic) bond motifs is 5. The fraction of sp³-hybridized carbons (Fsp3) is 0. The van der Waals surface area contributed by atoms with Crippen LogP contribution in [0.15, 0.2) is 48.7 Å². The van der Waals surface area contributed by atoms with Gasteiger partial charge >= 0.3 is 0 Å². The lowest BCUT2D eigenvalue weighted by Crippen LogP contribution is -1.92. The molecule has 0 unspecified atom stereocenters. The summed E-state index contributed by atoms with van der Waals surface area (Å²) in [4.78, 5) is 8.90. The van der Waals surface area contributed by atoms with E-state index in [4.69, 9.17) is 0 Å². The third-order valence-electron chi connectivity index (χ3n) is 3.25. The summed E-state index contributed by atoms with van der Waals surface area (Å²) in [6.07, 6.45) is 1.74. The molecule has 0 saturated heterocycles. The van der Waals surface area contributed by atoms with Gasteiger partial charge in [0.2, 0.25) is 0 Å². The molecule has 0 saturated carbocycles. The summed E-state index contributed by atoms with van der Waals surface area (Å²) in [5.74, 6) is 0. The van der Waals surface area contributed by atoms with Gasteiger partial charge in [-0.15, -0.1) is 0 Å². The number of hydrogen-bond donors (Lipinski definition) is 0. The first-order chi connectivity index (χ1) is 9.38. The van der Waals surface area contributed by atoms with Crippen molar-refractivity contribution in [2.24, 2.45) is 0 Å². The quantitative estimate of drug-likeness (QED) is 0.478. The summed E-state index contributed by atoms with van der Waals surface area (Å²) in [6, 6.07) is 15.8. The fourth-order valence-electron chi connectivity index (χ4n) is 2.44. The highest BCUT2D eigenvalue weighted by Crippen LogP contribution is 2.24. The van der Waals surface area contributed by atoms with Crippen LogP contribution in [0.3, 0.4) is 0 Å². The van der Waals surface area contributed by atoms with Crippen molar-refractivity contribution in [2.75, 3.05) is 0 Å². The largest absolute Gasteiger partial charge is 0.275 e. The predicted molar refractivity (Wildman–Crippen MR) is 72.7 cm³/mol. The third kappa shape index (κ3) is 1.27. The summed E-state index contributed by atoms with van der Waals surface area (Å²) in [7, 11) is 0. The summed E-state index contributed by atoms with van der Waals surface area (Å²) in [6.45, 7) is 0. The summed E-state index contributed by atoms with van der Waals surface area (Å²) in [5.41, 5.74) is 3.82. The molecule has 4 rings (SSSR count). The molecule has 0 radical (unpaired) electrons. The number of aromatic nitrogens is 3. The van der Waals surface area contributed by atoms with Gasteiger partial charge in [-0.3, -0.25) is 4.40 Å². The fourth-order valence-corrected chi connectivity index (χ4v) is 2.44. The Hall–Kier alpha value is -2.93. The van der Waals surface area contributed by atoms with E-state index < -0.39 is 0 Å². The maximum atomic E-state index is 9.30. The molecule has 0 bridgehead atoms. The molecule has 3 heterocycles. The zero-order valence-electron chi connectivity index (χ0n) is 9.91. The maximum Gasteiger partial charge on any atom is 0.164 e. The number of para-hydroxylation sites is 1. The highest BCUT2D eigenvalue weighted by atomic mass is 15.1. The Morgan fingerprint density at radius 3 is 2.84 bits per heavy atom. The lowest BCUT2D eigenvalue weighted by Gasteiger charge is -2.03. The van der Waals surface area contributed by atoms with Gasteiger partial charge in [-0.25, -0.2) is 9.97 Å². The average Bonchev–Trinajstić information content (AvgIpc) is 2.86. The Morgan fingerprint density at radius 1 is 1.05 bits per heavy atom. The molecule has 0 spiro atoms. The summed E-state index contributed by atoms with van der Waals surface area (Å²) >= 11 is 0. The van der Waals surface area contributed by atoms with E-state index in [0.717, 1.165) is 22.1 Å². The SMILES string of the molecule is N#Cc1cc2ccccc2n2c1nc1cccnc12. The van der Waals surface area contributed by atoms with Crippen LogP contribution < -0.4 is 0 Å². The second-order valence-electron chi connectivity index (χ2n) is 4.35. The van der Waals surface area contributed by atoms with Crippen LogP contribution in [0.1, 0.15) is 5.56 Å². The van der Waals surface area contributed by atoms with E-state index in [2.05, 4.69) is 16.0 Å². The van der Waals surface area contributed by atoms with E-state index in [9.17, 15) is 5.26 Å². The van der Waals surface area contributed by atoms with Gasteiger partial charge in [-0.2, -0.15) is 5.26 Å². The van der Waals surface area contributed by atoms with Crippen LogP contribution in [-0.2, 0) is 0 Å². The molecular weight excluding hydrogens is 236 g/mol. The monoisotopic (exact) mass is 244 g/mol.